The fourth-order valence-electron chi connectivity index (χ4n) is 4.71. The van der Waals surface area contributed by atoms with Gasteiger partial charge in [-0.1, -0.05) is 12.5 Å². The zero-order valence-electron chi connectivity index (χ0n) is 12.7. The molecular formula is C17H23N3O. The Bertz CT molecular complexity index is 757. The monoisotopic (exact) mass is 285 g/mol. The summed E-state index contributed by atoms with van der Waals surface area (Å²) in [6.07, 6.45) is 5.43. The van der Waals surface area contributed by atoms with Gasteiger partial charge in [-0.25, -0.2) is 4.79 Å². The number of aromatic nitrogens is 2. The van der Waals surface area contributed by atoms with E-state index in [-0.39, 0.29) is 11.7 Å². The molecule has 2 aliphatic carbocycles. The van der Waals surface area contributed by atoms with Crippen LogP contribution in [0, 0.1) is 17.8 Å². The van der Waals surface area contributed by atoms with Gasteiger partial charge in [0.1, 0.15) is 0 Å². The van der Waals surface area contributed by atoms with Crippen LogP contribution >= 0.6 is 0 Å². The number of benzene rings is 1. The lowest BCUT2D eigenvalue weighted by molar-refractivity contribution is 0.284. The summed E-state index contributed by atoms with van der Waals surface area (Å²) in [6, 6.07) is 6.38. The van der Waals surface area contributed by atoms with Gasteiger partial charge < -0.3 is 5.73 Å². The quantitative estimate of drug-likeness (QED) is 0.920. The topological polar surface area (TPSA) is 53.0 Å². The van der Waals surface area contributed by atoms with Crippen LogP contribution in [0.25, 0.3) is 11.0 Å². The molecule has 21 heavy (non-hydrogen) atoms. The third kappa shape index (κ3) is 1.81. The number of imidazole rings is 1. The average Bonchev–Trinajstić information content (AvgIpc) is 3.18. The van der Waals surface area contributed by atoms with Crippen LogP contribution in [0.4, 0.5) is 0 Å². The Kier molecular flexibility index (Phi) is 2.80. The Labute approximate surface area is 124 Å². The van der Waals surface area contributed by atoms with Gasteiger partial charge in [0.2, 0.25) is 0 Å². The molecule has 0 radical (unpaired) electrons. The molecule has 1 aromatic heterocycles. The van der Waals surface area contributed by atoms with Gasteiger partial charge in [-0.05, 0) is 54.7 Å². The first-order valence-electron chi connectivity index (χ1n) is 7.97. The SMILES string of the molecule is Cn1c(=O)n(C)c2cc(C(N)C3CC4CCC3C4)ccc21. The molecule has 4 unspecified atom stereocenters. The molecule has 4 rings (SSSR count). The summed E-state index contributed by atoms with van der Waals surface area (Å²) in [6.45, 7) is 0. The van der Waals surface area contributed by atoms with E-state index in [2.05, 4.69) is 12.1 Å². The first kappa shape index (κ1) is 13.1. The van der Waals surface area contributed by atoms with Crippen molar-refractivity contribution < 1.29 is 0 Å². The highest BCUT2D eigenvalue weighted by molar-refractivity contribution is 5.77. The highest BCUT2D eigenvalue weighted by Crippen LogP contribution is 2.52. The van der Waals surface area contributed by atoms with E-state index in [1.165, 1.54) is 31.2 Å². The van der Waals surface area contributed by atoms with Gasteiger partial charge >= 0.3 is 5.69 Å². The first-order valence-corrected chi connectivity index (χ1v) is 7.97. The number of fused-ring (bicyclic) bond motifs is 3. The van der Waals surface area contributed by atoms with E-state index >= 15 is 0 Å². The van der Waals surface area contributed by atoms with Gasteiger partial charge in [-0.15, -0.1) is 0 Å². The molecule has 2 aliphatic rings. The molecule has 2 fully saturated rings. The molecule has 4 nitrogen and oxygen atoms in total. The molecule has 0 saturated heterocycles. The van der Waals surface area contributed by atoms with Crippen LogP contribution in [0.15, 0.2) is 23.0 Å². The van der Waals surface area contributed by atoms with Crippen molar-refractivity contribution in [3.8, 4) is 0 Å². The summed E-state index contributed by atoms with van der Waals surface area (Å²) in [4.78, 5) is 12.0. The number of nitrogens with two attached hydrogens (primary N) is 1. The largest absolute Gasteiger partial charge is 0.328 e. The van der Waals surface area contributed by atoms with Gasteiger partial charge in [0.15, 0.2) is 0 Å². The maximum absolute atomic E-state index is 12.0. The fourth-order valence-corrected chi connectivity index (χ4v) is 4.71. The Morgan fingerprint density at radius 3 is 2.57 bits per heavy atom. The molecule has 4 atom stereocenters. The maximum atomic E-state index is 12.0. The summed E-state index contributed by atoms with van der Waals surface area (Å²) in [5.41, 5.74) is 9.75. The van der Waals surface area contributed by atoms with Crippen LogP contribution in [0.1, 0.15) is 37.3 Å². The molecule has 112 valence electrons. The first-order chi connectivity index (χ1) is 10.1. The van der Waals surface area contributed by atoms with Gasteiger partial charge in [-0.3, -0.25) is 9.13 Å². The molecule has 1 aromatic carbocycles. The van der Waals surface area contributed by atoms with Crippen molar-refractivity contribution in [2.75, 3.05) is 0 Å². The highest BCUT2D eigenvalue weighted by Gasteiger charge is 2.42. The Hall–Kier alpha value is -1.55. The molecular weight excluding hydrogens is 262 g/mol. The van der Waals surface area contributed by atoms with Gasteiger partial charge in [0.25, 0.3) is 0 Å². The number of nitrogens with zero attached hydrogens (tertiary/aromatic N) is 2. The van der Waals surface area contributed by atoms with Gasteiger partial charge in [-0.2, -0.15) is 0 Å². The number of rotatable bonds is 2. The Morgan fingerprint density at radius 2 is 1.90 bits per heavy atom. The lowest BCUT2D eigenvalue weighted by Crippen LogP contribution is -2.26. The van der Waals surface area contributed by atoms with Crippen LogP contribution in [0.2, 0.25) is 0 Å². The van der Waals surface area contributed by atoms with E-state index in [1.807, 2.05) is 20.2 Å². The van der Waals surface area contributed by atoms with Crippen molar-refractivity contribution >= 4 is 11.0 Å². The van der Waals surface area contributed by atoms with Gasteiger partial charge in [0, 0.05) is 20.1 Å². The van der Waals surface area contributed by atoms with Crippen LogP contribution in [-0.2, 0) is 14.1 Å². The zero-order valence-corrected chi connectivity index (χ0v) is 12.7. The van der Waals surface area contributed by atoms with Crippen LogP contribution < -0.4 is 11.4 Å². The second-order valence-electron chi connectivity index (χ2n) is 7.01. The van der Waals surface area contributed by atoms with Crippen molar-refractivity contribution in [3.05, 3.63) is 34.2 Å². The maximum Gasteiger partial charge on any atom is 0.328 e. The van der Waals surface area contributed by atoms with E-state index < -0.39 is 0 Å². The predicted molar refractivity (Wildman–Crippen MR) is 84.0 cm³/mol. The second kappa shape index (κ2) is 4.47. The van der Waals surface area contributed by atoms with E-state index in [4.69, 9.17) is 5.73 Å². The molecule has 2 N–H and O–H groups in total. The van der Waals surface area contributed by atoms with Crippen LogP contribution in [0.3, 0.4) is 0 Å². The van der Waals surface area contributed by atoms with Crippen LogP contribution in [-0.4, -0.2) is 9.13 Å². The lowest BCUT2D eigenvalue weighted by Gasteiger charge is -2.28. The van der Waals surface area contributed by atoms with Crippen molar-refractivity contribution in [1.29, 1.82) is 0 Å². The summed E-state index contributed by atoms with van der Waals surface area (Å²) in [7, 11) is 3.65. The highest BCUT2D eigenvalue weighted by atomic mass is 16.1. The van der Waals surface area contributed by atoms with Crippen molar-refractivity contribution in [2.45, 2.75) is 31.7 Å². The Balaban J connectivity index is 1.73. The lowest BCUT2D eigenvalue weighted by atomic mass is 9.81. The van der Waals surface area contributed by atoms with E-state index in [0.717, 1.165) is 22.9 Å². The minimum Gasteiger partial charge on any atom is -0.324 e. The smallest absolute Gasteiger partial charge is 0.324 e. The molecule has 2 saturated carbocycles. The van der Waals surface area contributed by atoms with Crippen molar-refractivity contribution in [2.24, 2.45) is 37.6 Å². The van der Waals surface area contributed by atoms with Crippen LogP contribution in [0.5, 0.6) is 0 Å². The predicted octanol–water partition coefficient (Wildman–Crippen LogP) is 2.31. The minimum atomic E-state index is 0.0237. The van der Waals surface area contributed by atoms with Gasteiger partial charge in [0.05, 0.1) is 11.0 Å². The standard InChI is InChI=1S/C17H23N3O/c1-19-14-6-5-12(9-15(14)20(2)17(19)21)16(18)13-8-10-3-4-11(13)7-10/h5-6,9-11,13,16H,3-4,7-8,18H2,1-2H3. The molecule has 4 heteroatoms. The van der Waals surface area contributed by atoms with E-state index in [0.29, 0.717) is 5.92 Å². The van der Waals surface area contributed by atoms with E-state index in [1.54, 1.807) is 9.13 Å². The zero-order chi connectivity index (χ0) is 14.7. The Morgan fingerprint density at radius 1 is 1.14 bits per heavy atom. The third-order valence-corrected chi connectivity index (χ3v) is 5.93. The summed E-state index contributed by atoms with van der Waals surface area (Å²) in [5, 5.41) is 0. The number of hydrogen-bond acceptors (Lipinski definition) is 2. The molecule has 2 aromatic rings. The summed E-state index contributed by atoms with van der Waals surface area (Å²) in [5.74, 6) is 2.36. The summed E-state index contributed by atoms with van der Waals surface area (Å²) < 4.78 is 3.41. The molecule has 0 spiro atoms. The second-order valence-corrected chi connectivity index (χ2v) is 7.01. The molecule has 1 heterocycles. The minimum absolute atomic E-state index is 0.0237. The third-order valence-electron chi connectivity index (χ3n) is 5.93. The molecule has 0 amide bonds. The van der Waals surface area contributed by atoms with Crippen molar-refractivity contribution in [1.82, 2.24) is 9.13 Å². The molecule has 2 bridgehead atoms. The molecule has 0 aliphatic heterocycles. The fraction of sp³-hybridized carbons (Fsp3) is 0.588. The summed E-state index contributed by atoms with van der Waals surface area (Å²) >= 11 is 0. The van der Waals surface area contributed by atoms with Crippen molar-refractivity contribution in [3.63, 3.8) is 0 Å². The normalized spacial score (nSPS) is 29.4. The van der Waals surface area contributed by atoms with E-state index in [9.17, 15) is 4.79 Å². The number of hydrogen-bond donors (Lipinski definition) is 1. The number of aryl methyl sites for hydroxylation is 2. The average molecular weight is 285 g/mol.